The molecule has 0 radical (unpaired) electrons. The number of hydrogen-bond donors (Lipinski definition) is 1. The third-order valence-corrected chi connectivity index (χ3v) is 5.31. The first-order chi connectivity index (χ1) is 15.5. The molecule has 0 saturated carbocycles. The second-order valence-electron chi connectivity index (χ2n) is 7.99. The molecular formula is C27H32FNO3. The van der Waals surface area contributed by atoms with Gasteiger partial charge in [0.05, 0.1) is 20.3 Å². The normalized spacial score (nSPS) is 11.9. The molecule has 0 bridgehead atoms. The van der Waals surface area contributed by atoms with E-state index in [0.717, 1.165) is 47.9 Å². The van der Waals surface area contributed by atoms with Crippen LogP contribution < -0.4 is 19.5 Å². The molecule has 5 heteroatoms. The number of ether oxygens (including phenoxy) is 3. The minimum atomic E-state index is -0.222. The van der Waals surface area contributed by atoms with Gasteiger partial charge in [0.1, 0.15) is 11.6 Å². The summed E-state index contributed by atoms with van der Waals surface area (Å²) in [4.78, 5) is 0. The first-order valence-corrected chi connectivity index (χ1v) is 10.9. The lowest BCUT2D eigenvalue weighted by Crippen LogP contribution is -2.18. The van der Waals surface area contributed by atoms with Crippen LogP contribution in [0.15, 0.2) is 66.7 Å². The van der Waals surface area contributed by atoms with Gasteiger partial charge >= 0.3 is 0 Å². The van der Waals surface area contributed by atoms with Crippen LogP contribution in [0.1, 0.15) is 42.9 Å². The molecule has 32 heavy (non-hydrogen) atoms. The molecule has 0 spiro atoms. The molecule has 1 N–H and O–H groups in total. The molecule has 0 unspecified atom stereocenters. The van der Waals surface area contributed by atoms with Crippen LogP contribution in [-0.4, -0.2) is 26.9 Å². The molecule has 4 nitrogen and oxygen atoms in total. The van der Waals surface area contributed by atoms with E-state index < -0.39 is 0 Å². The van der Waals surface area contributed by atoms with Crippen molar-refractivity contribution in [3.8, 4) is 17.2 Å². The van der Waals surface area contributed by atoms with Crippen molar-refractivity contribution in [2.45, 2.75) is 38.8 Å². The Kier molecular flexibility index (Phi) is 8.51. The summed E-state index contributed by atoms with van der Waals surface area (Å²) >= 11 is 0. The summed E-state index contributed by atoms with van der Waals surface area (Å²) in [6.07, 6.45) is 1.01. The monoisotopic (exact) mass is 437 g/mol. The number of rotatable bonds is 11. The molecule has 0 aliphatic carbocycles. The van der Waals surface area contributed by atoms with Crippen molar-refractivity contribution in [1.29, 1.82) is 0 Å². The number of methoxy groups -OCH3 is 2. The maximum absolute atomic E-state index is 13.5. The Hall–Kier alpha value is -3.05. The van der Waals surface area contributed by atoms with Crippen LogP contribution in [0.2, 0.25) is 0 Å². The summed E-state index contributed by atoms with van der Waals surface area (Å²) in [5.74, 6) is 2.23. The van der Waals surface area contributed by atoms with Crippen LogP contribution in [0.4, 0.5) is 4.39 Å². The molecule has 3 aromatic carbocycles. The summed E-state index contributed by atoms with van der Waals surface area (Å²) in [5.41, 5.74) is 3.40. The Morgan fingerprint density at radius 1 is 0.812 bits per heavy atom. The molecule has 1 atom stereocenters. The molecule has 3 rings (SSSR count). The first kappa shape index (κ1) is 23.6. The fourth-order valence-corrected chi connectivity index (χ4v) is 3.74. The minimum absolute atomic E-state index is 0.134. The smallest absolute Gasteiger partial charge is 0.161 e. The van der Waals surface area contributed by atoms with Crippen LogP contribution in [0, 0.1) is 5.82 Å². The lowest BCUT2D eigenvalue weighted by atomic mass is 9.88. The maximum atomic E-state index is 13.5. The van der Waals surface area contributed by atoms with Crippen LogP contribution in [0.25, 0.3) is 0 Å². The molecular weight excluding hydrogens is 405 g/mol. The highest BCUT2D eigenvalue weighted by molar-refractivity contribution is 5.43. The minimum Gasteiger partial charge on any atom is -0.493 e. The van der Waals surface area contributed by atoms with E-state index in [1.165, 1.54) is 17.7 Å². The Morgan fingerprint density at radius 3 is 2.03 bits per heavy atom. The average Bonchev–Trinajstić information content (AvgIpc) is 2.80. The topological polar surface area (TPSA) is 39.7 Å². The number of benzene rings is 3. The standard InChI is InChI=1S/C27H32FNO3/c1-19(2)32-24-12-8-22(9-13-24)25(21-6-10-23(28)11-7-21)15-16-29-18-20-5-14-26(30-3)27(17-20)31-4/h5-14,17,19,25,29H,15-16,18H2,1-4H3/t25-/m1/s1. The molecule has 0 aliphatic heterocycles. The Bertz CT molecular complexity index is 971. The van der Waals surface area contributed by atoms with E-state index in [0.29, 0.717) is 0 Å². The van der Waals surface area contributed by atoms with Crippen LogP contribution in [0.3, 0.4) is 0 Å². The molecule has 0 amide bonds. The average molecular weight is 438 g/mol. The van der Waals surface area contributed by atoms with Gasteiger partial charge in [-0.2, -0.15) is 0 Å². The van der Waals surface area contributed by atoms with Crippen molar-refractivity contribution in [3.05, 3.63) is 89.2 Å². The predicted octanol–water partition coefficient (Wildman–Crippen LogP) is 5.94. The van der Waals surface area contributed by atoms with Gasteiger partial charge in [-0.1, -0.05) is 30.3 Å². The van der Waals surface area contributed by atoms with Gasteiger partial charge in [0.15, 0.2) is 11.5 Å². The van der Waals surface area contributed by atoms with Gasteiger partial charge in [-0.25, -0.2) is 4.39 Å². The molecule has 0 aromatic heterocycles. The second-order valence-corrected chi connectivity index (χ2v) is 7.99. The predicted molar refractivity (Wildman–Crippen MR) is 126 cm³/mol. The fraction of sp³-hybridized carbons (Fsp3) is 0.333. The summed E-state index contributed by atoms with van der Waals surface area (Å²) < 4.78 is 30.0. The second kappa shape index (κ2) is 11.5. The van der Waals surface area contributed by atoms with E-state index in [1.54, 1.807) is 14.2 Å². The van der Waals surface area contributed by atoms with E-state index in [-0.39, 0.29) is 17.8 Å². The van der Waals surface area contributed by atoms with Crippen molar-refractivity contribution in [2.24, 2.45) is 0 Å². The molecule has 170 valence electrons. The van der Waals surface area contributed by atoms with Crippen molar-refractivity contribution in [2.75, 3.05) is 20.8 Å². The lowest BCUT2D eigenvalue weighted by molar-refractivity contribution is 0.242. The van der Waals surface area contributed by atoms with Gasteiger partial charge in [-0.3, -0.25) is 0 Å². The van der Waals surface area contributed by atoms with Crippen molar-refractivity contribution >= 4 is 0 Å². The van der Waals surface area contributed by atoms with Gasteiger partial charge in [-0.05, 0) is 79.9 Å². The fourth-order valence-electron chi connectivity index (χ4n) is 3.74. The van der Waals surface area contributed by atoms with Gasteiger partial charge in [0.25, 0.3) is 0 Å². The molecule has 3 aromatic rings. The van der Waals surface area contributed by atoms with E-state index in [2.05, 4.69) is 17.4 Å². The summed E-state index contributed by atoms with van der Waals surface area (Å²) in [7, 11) is 3.27. The Labute approximate surface area is 190 Å². The van der Waals surface area contributed by atoms with E-state index in [9.17, 15) is 4.39 Å². The highest BCUT2D eigenvalue weighted by atomic mass is 19.1. The lowest BCUT2D eigenvalue weighted by Gasteiger charge is -2.19. The highest BCUT2D eigenvalue weighted by Crippen LogP contribution is 2.30. The maximum Gasteiger partial charge on any atom is 0.161 e. The van der Waals surface area contributed by atoms with Crippen LogP contribution in [-0.2, 0) is 6.54 Å². The number of halogens is 1. The zero-order chi connectivity index (χ0) is 22.9. The zero-order valence-electron chi connectivity index (χ0n) is 19.2. The van der Waals surface area contributed by atoms with Crippen LogP contribution >= 0.6 is 0 Å². The zero-order valence-corrected chi connectivity index (χ0v) is 19.2. The number of hydrogen-bond acceptors (Lipinski definition) is 4. The third kappa shape index (κ3) is 6.47. The van der Waals surface area contributed by atoms with Crippen molar-refractivity contribution in [1.82, 2.24) is 5.32 Å². The summed E-state index contributed by atoms with van der Waals surface area (Å²) in [5, 5.41) is 3.51. The van der Waals surface area contributed by atoms with E-state index in [1.807, 2.05) is 56.3 Å². The van der Waals surface area contributed by atoms with Gasteiger partial charge in [-0.15, -0.1) is 0 Å². The highest BCUT2D eigenvalue weighted by Gasteiger charge is 2.15. The Morgan fingerprint density at radius 2 is 1.44 bits per heavy atom. The number of nitrogens with one attached hydrogen (secondary N) is 1. The van der Waals surface area contributed by atoms with Gasteiger partial charge in [0, 0.05) is 12.5 Å². The quantitative estimate of drug-likeness (QED) is 0.377. The first-order valence-electron chi connectivity index (χ1n) is 10.9. The molecule has 0 fully saturated rings. The SMILES string of the molecule is COc1ccc(CNCC[C@H](c2ccc(F)cc2)c2ccc(OC(C)C)cc2)cc1OC. The molecule has 0 aliphatic rings. The van der Waals surface area contributed by atoms with Crippen molar-refractivity contribution in [3.63, 3.8) is 0 Å². The molecule has 0 heterocycles. The van der Waals surface area contributed by atoms with Crippen molar-refractivity contribution < 1.29 is 18.6 Å². The Balaban J connectivity index is 1.67. The van der Waals surface area contributed by atoms with E-state index >= 15 is 0 Å². The largest absolute Gasteiger partial charge is 0.493 e. The van der Waals surface area contributed by atoms with Crippen LogP contribution in [0.5, 0.6) is 17.2 Å². The summed E-state index contributed by atoms with van der Waals surface area (Å²) in [6.45, 7) is 5.55. The van der Waals surface area contributed by atoms with Gasteiger partial charge < -0.3 is 19.5 Å². The van der Waals surface area contributed by atoms with E-state index in [4.69, 9.17) is 14.2 Å². The third-order valence-electron chi connectivity index (χ3n) is 5.31. The molecule has 0 saturated heterocycles. The summed E-state index contributed by atoms with van der Waals surface area (Å²) in [6, 6.07) is 20.9. The van der Waals surface area contributed by atoms with Gasteiger partial charge in [0.2, 0.25) is 0 Å².